The van der Waals surface area contributed by atoms with Crippen LogP contribution in [0.15, 0.2) is 91.1 Å². The molecule has 0 aliphatic carbocycles. The quantitative estimate of drug-likeness (QED) is 0.461. The van der Waals surface area contributed by atoms with Gasteiger partial charge in [0.25, 0.3) is 0 Å². The van der Waals surface area contributed by atoms with Crippen LogP contribution >= 0.6 is 0 Å². The molecular formula is C29H36N2O3. The van der Waals surface area contributed by atoms with E-state index in [0.717, 1.165) is 55.1 Å². The van der Waals surface area contributed by atoms with Crippen LogP contribution in [0.5, 0.6) is 11.5 Å². The molecule has 0 unspecified atom stereocenters. The molecule has 5 nitrogen and oxygen atoms in total. The molecule has 0 bridgehead atoms. The Morgan fingerprint density at radius 3 is 2.56 bits per heavy atom. The number of para-hydroxylation sites is 1. The van der Waals surface area contributed by atoms with Gasteiger partial charge in [-0.15, -0.1) is 0 Å². The molecular weight excluding hydrogens is 424 g/mol. The number of nitrogens with zero attached hydrogens (tertiary/aromatic N) is 1. The Balaban J connectivity index is 1.55. The van der Waals surface area contributed by atoms with Gasteiger partial charge in [-0.25, -0.2) is 0 Å². The van der Waals surface area contributed by atoms with Gasteiger partial charge in [-0.2, -0.15) is 0 Å². The van der Waals surface area contributed by atoms with Crippen LogP contribution in [0.3, 0.4) is 0 Å². The Morgan fingerprint density at radius 1 is 1.12 bits per heavy atom. The van der Waals surface area contributed by atoms with Crippen molar-refractivity contribution < 1.29 is 14.3 Å². The molecule has 0 saturated carbocycles. The van der Waals surface area contributed by atoms with Crippen LogP contribution in [0.1, 0.15) is 31.4 Å². The first-order valence-electron chi connectivity index (χ1n) is 11.9. The zero-order valence-corrected chi connectivity index (χ0v) is 20.3. The van der Waals surface area contributed by atoms with Crippen molar-refractivity contribution in [3.8, 4) is 11.5 Å². The number of hydrogen-bond acceptors (Lipinski definition) is 4. The summed E-state index contributed by atoms with van der Waals surface area (Å²) in [5, 5.41) is 3.25. The van der Waals surface area contributed by atoms with Gasteiger partial charge >= 0.3 is 0 Å². The fourth-order valence-corrected chi connectivity index (χ4v) is 4.09. The predicted octanol–water partition coefficient (Wildman–Crippen LogP) is 5.33. The zero-order valence-electron chi connectivity index (χ0n) is 20.3. The number of rotatable bonds is 11. The fraction of sp³-hybridized carbons (Fsp3) is 0.345. The van der Waals surface area contributed by atoms with E-state index in [1.54, 1.807) is 7.11 Å². The van der Waals surface area contributed by atoms with E-state index in [9.17, 15) is 4.79 Å². The first-order valence-corrected chi connectivity index (χ1v) is 11.9. The summed E-state index contributed by atoms with van der Waals surface area (Å²) in [6.07, 6.45) is 9.47. The van der Waals surface area contributed by atoms with Gasteiger partial charge in [0, 0.05) is 12.5 Å². The molecule has 3 rings (SSSR count). The number of piperidine rings is 1. The van der Waals surface area contributed by atoms with E-state index in [-0.39, 0.29) is 17.9 Å². The zero-order chi connectivity index (χ0) is 24.2. The third kappa shape index (κ3) is 7.63. The van der Waals surface area contributed by atoms with Gasteiger partial charge in [0.1, 0.15) is 18.1 Å². The number of likely N-dealkylation sites (tertiary alicyclic amines) is 1. The highest BCUT2D eigenvalue weighted by atomic mass is 16.5. The number of methoxy groups -OCH3 is 1. The van der Waals surface area contributed by atoms with Gasteiger partial charge in [0.15, 0.2) is 0 Å². The van der Waals surface area contributed by atoms with E-state index in [1.165, 1.54) is 0 Å². The lowest BCUT2D eigenvalue weighted by Crippen LogP contribution is -2.42. The van der Waals surface area contributed by atoms with Gasteiger partial charge in [0.05, 0.1) is 13.2 Å². The molecule has 1 fully saturated rings. The van der Waals surface area contributed by atoms with E-state index in [4.69, 9.17) is 9.47 Å². The maximum absolute atomic E-state index is 13.2. The first-order chi connectivity index (χ1) is 16.6. The van der Waals surface area contributed by atoms with Gasteiger partial charge in [-0.3, -0.25) is 9.69 Å². The molecule has 1 N–H and O–H groups in total. The van der Waals surface area contributed by atoms with Gasteiger partial charge in [-0.1, -0.05) is 61.2 Å². The van der Waals surface area contributed by atoms with Crippen molar-refractivity contribution in [3.63, 3.8) is 0 Å². The Hall–Kier alpha value is -3.31. The molecule has 1 atom stereocenters. The van der Waals surface area contributed by atoms with Gasteiger partial charge < -0.3 is 14.8 Å². The Morgan fingerprint density at radius 2 is 1.85 bits per heavy atom. The van der Waals surface area contributed by atoms with Crippen molar-refractivity contribution in [2.24, 2.45) is 5.92 Å². The number of allylic oxidation sites excluding steroid dienone is 3. The van der Waals surface area contributed by atoms with Crippen LogP contribution in [-0.2, 0) is 4.79 Å². The highest BCUT2D eigenvalue weighted by Crippen LogP contribution is 2.27. The molecule has 1 aliphatic rings. The van der Waals surface area contributed by atoms with E-state index in [1.807, 2.05) is 85.8 Å². The van der Waals surface area contributed by atoms with E-state index >= 15 is 0 Å². The molecule has 1 aliphatic heterocycles. The predicted molar refractivity (Wildman–Crippen MR) is 138 cm³/mol. The highest BCUT2D eigenvalue weighted by molar-refractivity contribution is 5.79. The topological polar surface area (TPSA) is 50.8 Å². The van der Waals surface area contributed by atoms with Crippen molar-refractivity contribution in [1.29, 1.82) is 0 Å². The number of carbonyl (C=O) groups excluding carboxylic acids is 1. The summed E-state index contributed by atoms with van der Waals surface area (Å²) in [6.45, 7) is 9.49. The molecule has 2 aromatic rings. The number of nitrogens with one attached hydrogen (secondary N) is 1. The number of amides is 1. The van der Waals surface area contributed by atoms with Crippen LogP contribution in [-0.4, -0.2) is 44.2 Å². The van der Waals surface area contributed by atoms with Crippen LogP contribution in [0.4, 0.5) is 0 Å². The van der Waals surface area contributed by atoms with E-state index < -0.39 is 0 Å². The summed E-state index contributed by atoms with van der Waals surface area (Å²) < 4.78 is 11.2. The molecule has 180 valence electrons. The molecule has 1 saturated heterocycles. The second kappa shape index (κ2) is 13.4. The second-order valence-corrected chi connectivity index (χ2v) is 8.46. The lowest BCUT2D eigenvalue weighted by Gasteiger charge is -2.32. The molecule has 2 aromatic carbocycles. The number of hydrogen-bond donors (Lipinski definition) is 1. The normalized spacial score (nSPS) is 15.9. The monoisotopic (exact) mass is 460 g/mol. The standard InChI is InChI=1S/C29H36N2O3/c1-4-5-7-11-23(2)28(25-12-10-15-27(22-25)33-3)30-29(32)24-16-18-31(19-17-24)20-21-34-26-13-8-6-9-14-26/h4-15,22,24,28H,2,16-21H2,1,3H3,(H,30,32)/b5-4-,11-7-/t28-/m0/s1. The smallest absolute Gasteiger partial charge is 0.223 e. The molecule has 5 heteroatoms. The van der Waals surface area contributed by atoms with Gasteiger partial charge in [-0.05, 0) is 68.3 Å². The SMILES string of the molecule is C=C(/C=C\C=C/C)[C@H](NC(=O)C1CCN(CCOc2ccccc2)CC1)c1cccc(OC)c1. The summed E-state index contributed by atoms with van der Waals surface area (Å²) in [5.41, 5.74) is 1.79. The maximum atomic E-state index is 13.2. The van der Waals surface area contributed by atoms with Crippen molar-refractivity contribution in [1.82, 2.24) is 10.2 Å². The fourth-order valence-electron chi connectivity index (χ4n) is 4.09. The van der Waals surface area contributed by atoms with Crippen LogP contribution < -0.4 is 14.8 Å². The van der Waals surface area contributed by atoms with Gasteiger partial charge in [0.2, 0.25) is 5.91 Å². The van der Waals surface area contributed by atoms with Crippen molar-refractivity contribution in [3.05, 3.63) is 96.6 Å². The molecule has 0 spiro atoms. The average molecular weight is 461 g/mol. The Bertz CT molecular complexity index is 976. The molecule has 0 radical (unpaired) electrons. The van der Waals surface area contributed by atoms with Crippen LogP contribution in [0, 0.1) is 5.92 Å². The lowest BCUT2D eigenvalue weighted by molar-refractivity contribution is -0.127. The largest absolute Gasteiger partial charge is 0.497 e. The minimum atomic E-state index is -0.304. The van der Waals surface area contributed by atoms with E-state index in [0.29, 0.717) is 6.61 Å². The van der Waals surface area contributed by atoms with Crippen molar-refractivity contribution in [2.45, 2.75) is 25.8 Å². The second-order valence-electron chi connectivity index (χ2n) is 8.46. The Kier molecular flexibility index (Phi) is 9.98. The minimum Gasteiger partial charge on any atom is -0.497 e. The lowest BCUT2D eigenvalue weighted by atomic mass is 9.93. The van der Waals surface area contributed by atoms with Crippen LogP contribution in [0.25, 0.3) is 0 Å². The third-order valence-electron chi connectivity index (χ3n) is 6.08. The first kappa shape index (κ1) is 25.3. The summed E-state index contributed by atoms with van der Waals surface area (Å²) in [6, 6.07) is 17.4. The summed E-state index contributed by atoms with van der Waals surface area (Å²) in [5.74, 6) is 1.72. The average Bonchev–Trinajstić information content (AvgIpc) is 2.88. The summed E-state index contributed by atoms with van der Waals surface area (Å²) in [7, 11) is 1.64. The minimum absolute atomic E-state index is 0.00767. The number of carbonyl (C=O) groups is 1. The molecule has 1 heterocycles. The number of ether oxygens (including phenoxy) is 2. The summed E-state index contributed by atoms with van der Waals surface area (Å²) in [4.78, 5) is 15.6. The van der Waals surface area contributed by atoms with E-state index in [2.05, 4.69) is 16.8 Å². The van der Waals surface area contributed by atoms with Crippen LogP contribution in [0.2, 0.25) is 0 Å². The Labute approximate surface area is 203 Å². The maximum Gasteiger partial charge on any atom is 0.223 e. The molecule has 0 aromatic heterocycles. The third-order valence-corrected chi connectivity index (χ3v) is 6.08. The van der Waals surface area contributed by atoms with Crippen molar-refractivity contribution in [2.75, 3.05) is 33.4 Å². The molecule has 34 heavy (non-hydrogen) atoms. The van der Waals surface area contributed by atoms with Crippen molar-refractivity contribution >= 4 is 5.91 Å². The number of benzene rings is 2. The molecule has 1 amide bonds. The summed E-state index contributed by atoms with van der Waals surface area (Å²) >= 11 is 0. The highest BCUT2D eigenvalue weighted by Gasteiger charge is 2.27.